The van der Waals surface area contributed by atoms with Crippen molar-refractivity contribution >= 4 is 17.7 Å². The first-order chi connectivity index (χ1) is 8.74. The van der Waals surface area contributed by atoms with Crippen LogP contribution in [-0.2, 0) is 0 Å². The Morgan fingerprint density at radius 3 is 2.72 bits per heavy atom. The van der Waals surface area contributed by atoms with Crippen LogP contribution in [-0.4, -0.2) is 19.8 Å². The fourth-order valence-electron chi connectivity index (χ4n) is 1.79. The van der Waals surface area contributed by atoms with Crippen molar-refractivity contribution in [3.8, 4) is 11.5 Å². The molecule has 0 amide bonds. The van der Waals surface area contributed by atoms with Gasteiger partial charge >= 0.3 is 0 Å². The van der Waals surface area contributed by atoms with Crippen molar-refractivity contribution in [1.29, 1.82) is 0 Å². The molecule has 1 aromatic rings. The lowest BCUT2D eigenvalue weighted by Crippen LogP contribution is -2.24. The molecule has 0 unspecified atom stereocenters. The molecule has 3 nitrogen and oxygen atoms in total. The summed E-state index contributed by atoms with van der Waals surface area (Å²) in [5, 5.41) is 0.637. The normalized spacial score (nSPS) is 15.7. The van der Waals surface area contributed by atoms with E-state index in [1.54, 1.807) is 13.2 Å². The highest BCUT2D eigenvalue weighted by molar-refractivity contribution is 6.32. The standard InChI is InChI=1S/C14H18ClNO2/c1-17-13-9-12(15)10(4-3-7-16)8-14(13)18-11-5-2-6-11/h3-4,8-9,11H,2,5-7,16H2,1H3/b4-3+. The Labute approximate surface area is 113 Å². The highest BCUT2D eigenvalue weighted by Crippen LogP contribution is 2.36. The van der Waals surface area contributed by atoms with Gasteiger partial charge in [0.15, 0.2) is 11.5 Å². The number of hydrogen-bond acceptors (Lipinski definition) is 3. The zero-order chi connectivity index (χ0) is 13.0. The van der Waals surface area contributed by atoms with Crippen LogP contribution in [0.2, 0.25) is 5.02 Å². The summed E-state index contributed by atoms with van der Waals surface area (Å²) in [6.07, 6.45) is 7.53. The summed E-state index contributed by atoms with van der Waals surface area (Å²) in [6, 6.07) is 3.69. The Hall–Kier alpha value is -1.19. The van der Waals surface area contributed by atoms with Gasteiger partial charge in [-0.25, -0.2) is 0 Å². The molecule has 0 aliphatic heterocycles. The zero-order valence-electron chi connectivity index (χ0n) is 10.5. The zero-order valence-corrected chi connectivity index (χ0v) is 11.2. The van der Waals surface area contributed by atoms with Gasteiger partial charge in [-0.2, -0.15) is 0 Å². The molecule has 0 aromatic heterocycles. The van der Waals surface area contributed by atoms with E-state index in [0.717, 1.165) is 24.2 Å². The van der Waals surface area contributed by atoms with Crippen LogP contribution in [0.3, 0.4) is 0 Å². The molecule has 98 valence electrons. The Kier molecular flexibility index (Phi) is 4.50. The molecule has 1 aromatic carbocycles. The third kappa shape index (κ3) is 2.98. The van der Waals surface area contributed by atoms with Crippen LogP contribution in [0.25, 0.3) is 6.08 Å². The van der Waals surface area contributed by atoms with E-state index >= 15 is 0 Å². The first-order valence-electron chi connectivity index (χ1n) is 6.15. The number of rotatable bonds is 5. The SMILES string of the molecule is COc1cc(Cl)c(/C=C/CN)cc1OC1CCC1. The van der Waals surface area contributed by atoms with E-state index < -0.39 is 0 Å². The van der Waals surface area contributed by atoms with Gasteiger partial charge in [-0.1, -0.05) is 23.8 Å². The van der Waals surface area contributed by atoms with Gasteiger partial charge in [0.25, 0.3) is 0 Å². The quantitative estimate of drug-likeness (QED) is 0.891. The van der Waals surface area contributed by atoms with Gasteiger partial charge in [0.2, 0.25) is 0 Å². The maximum atomic E-state index is 6.17. The van der Waals surface area contributed by atoms with Crippen molar-refractivity contribution in [3.63, 3.8) is 0 Å². The van der Waals surface area contributed by atoms with E-state index in [4.69, 9.17) is 26.8 Å². The molecule has 0 radical (unpaired) electrons. The predicted molar refractivity (Wildman–Crippen MR) is 74.4 cm³/mol. The molecule has 4 heteroatoms. The van der Waals surface area contributed by atoms with Gasteiger partial charge in [-0.15, -0.1) is 0 Å². The van der Waals surface area contributed by atoms with Crippen LogP contribution in [0.5, 0.6) is 11.5 Å². The number of hydrogen-bond donors (Lipinski definition) is 1. The summed E-state index contributed by atoms with van der Waals surface area (Å²) < 4.78 is 11.2. The van der Waals surface area contributed by atoms with E-state index in [1.165, 1.54) is 6.42 Å². The van der Waals surface area contributed by atoms with E-state index in [-0.39, 0.29) is 0 Å². The van der Waals surface area contributed by atoms with Crippen molar-refractivity contribution in [3.05, 3.63) is 28.8 Å². The van der Waals surface area contributed by atoms with Gasteiger partial charge in [0.05, 0.1) is 18.2 Å². The van der Waals surface area contributed by atoms with Crippen LogP contribution in [0.15, 0.2) is 18.2 Å². The van der Waals surface area contributed by atoms with Crippen molar-refractivity contribution < 1.29 is 9.47 Å². The first-order valence-corrected chi connectivity index (χ1v) is 6.53. The third-order valence-electron chi connectivity index (χ3n) is 3.06. The van der Waals surface area contributed by atoms with E-state index in [2.05, 4.69) is 0 Å². The second kappa shape index (κ2) is 6.12. The second-order valence-electron chi connectivity index (χ2n) is 4.33. The Balaban J connectivity index is 2.26. The monoisotopic (exact) mass is 267 g/mol. The molecule has 18 heavy (non-hydrogen) atoms. The minimum atomic E-state index is 0.311. The number of halogens is 1. The van der Waals surface area contributed by atoms with Gasteiger partial charge in [0.1, 0.15) is 0 Å². The summed E-state index contributed by atoms with van der Waals surface area (Å²) in [5.41, 5.74) is 6.35. The van der Waals surface area contributed by atoms with Crippen molar-refractivity contribution in [2.24, 2.45) is 5.73 Å². The number of methoxy groups -OCH3 is 1. The van der Waals surface area contributed by atoms with Crippen LogP contribution in [0.4, 0.5) is 0 Å². The highest BCUT2D eigenvalue weighted by atomic mass is 35.5. The maximum absolute atomic E-state index is 6.17. The van der Waals surface area contributed by atoms with Gasteiger partial charge in [-0.05, 0) is 30.9 Å². The summed E-state index contributed by atoms with van der Waals surface area (Å²) >= 11 is 6.17. The average molecular weight is 268 g/mol. The Bertz CT molecular complexity index is 442. The van der Waals surface area contributed by atoms with E-state index in [9.17, 15) is 0 Å². The average Bonchev–Trinajstić information content (AvgIpc) is 2.33. The smallest absolute Gasteiger partial charge is 0.162 e. The molecule has 0 heterocycles. The molecular weight excluding hydrogens is 250 g/mol. The second-order valence-corrected chi connectivity index (χ2v) is 4.74. The van der Waals surface area contributed by atoms with Crippen molar-refractivity contribution in [1.82, 2.24) is 0 Å². The molecule has 0 atom stereocenters. The molecule has 0 saturated heterocycles. The molecule has 0 bridgehead atoms. The summed E-state index contributed by atoms with van der Waals surface area (Å²) in [7, 11) is 1.62. The maximum Gasteiger partial charge on any atom is 0.162 e. The minimum absolute atomic E-state index is 0.311. The molecule has 1 saturated carbocycles. The number of nitrogens with two attached hydrogens (primary N) is 1. The van der Waals surface area contributed by atoms with E-state index in [0.29, 0.717) is 23.4 Å². The molecule has 2 N–H and O–H groups in total. The fraction of sp³-hybridized carbons (Fsp3) is 0.429. The molecule has 1 aliphatic rings. The topological polar surface area (TPSA) is 44.5 Å². The molecular formula is C14H18ClNO2. The molecule has 2 rings (SSSR count). The Morgan fingerprint density at radius 1 is 1.39 bits per heavy atom. The highest BCUT2D eigenvalue weighted by Gasteiger charge is 2.21. The number of benzene rings is 1. The predicted octanol–water partition coefficient (Wildman–Crippen LogP) is 3.25. The molecule has 0 spiro atoms. The summed E-state index contributed by atoms with van der Waals surface area (Å²) in [6.45, 7) is 0.487. The van der Waals surface area contributed by atoms with Crippen LogP contribution < -0.4 is 15.2 Å². The number of ether oxygens (including phenoxy) is 2. The lowest BCUT2D eigenvalue weighted by Gasteiger charge is -2.27. The van der Waals surface area contributed by atoms with Crippen molar-refractivity contribution in [2.45, 2.75) is 25.4 Å². The van der Waals surface area contributed by atoms with E-state index in [1.807, 2.05) is 18.2 Å². The lowest BCUT2D eigenvalue weighted by molar-refractivity contribution is 0.116. The van der Waals surface area contributed by atoms with Crippen LogP contribution in [0, 0.1) is 0 Å². The summed E-state index contributed by atoms with van der Waals surface area (Å²) in [4.78, 5) is 0. The largest absolute Gasteiger partial charge is 0.493 e. The minimum Gasteiger partial charge on any atom is -0.493 e. The van der Waals surface area contributed by atoms with Gasteiger partial charge in [0, 0.05) is 12.6 Å². The molecule has 1 fully saturated rings. The molecule has 1 aliphatic carbocycles. The van der Waals surface area contributed by atoms with Gasteiger partial charge in [-0.3, -0.25) is 0 Å². The van der Waals surface area contributed by atoms with Crippen LogP contribution >= 0.6 is 11.6 Å². The third-order valence-corrected chi connectivity index (χ3v) is 3.39. The Morgan fingerprint density at radius 2 is 2.17 bits per heavy atom. The van der Waals surface area contributed by atoms with Crippen molar-refractivity contribution in [2.75, 3.05) is 13.7 Å². The first kappa shape index (κ1) is 13.2. The van der Waals surface area contributed by atoms with Gasteiger partial charge < -0.3 is 15.2 Å². The fourth-order valence-corrected chi connectivity index (χ4v) is 2.01. The summed E-state index contributed by atoms with van der Waals surface area (Å²) in [5.74, 6) is 1.43. The van der Waals surface area contributed by atoms with Crippen LogP contribution in [0.1, 0.15) is 24.8 Å². The lowest BCUT2D eigenvalue weighted by atomic mass is 9.96.